The smallest absolute Gasteiger partial charge is 0.268 e. The zero-order valence-electron chi connectivity index (χ0n) is 7.90. The predicted molar refractivity (Wildman–Crippen MR) is 62.0 cm³/mol. The van der Waals surface area contributed by atoms with Crippen LogP contribution in [0.1, 0.15) is 5.56 Å². The molecule has 1 aromatic carbocycles. The summed E-state index contributed by atoms with van der Waals surface area (Å²) in [5.41, 5.74) is 6.76. The highest BCUT2D eigenvalue weighted by Crippen LogP contribution is 2.14. The van der Waals surface area contributed by atoms with E-state index in [1.807, 2.05) is 24.3 Å². The SMILES string of the molecule is NCc1cn(-c2cccc(Br)c2)[nH]c1=O. The first-order chi connectivity index (χ1) is 7.20. The highest BCUT2D eigenvalue weighted by atomic mass is 79.9. The Morgan fingerprint density at radius 2 is 2.27 bits per heavy atom. The van der Waals surface area contributed by atoms with E-state index in [0.717, 1.165) is 10.2 Å². The second kappa shape index (κ2) is 4.04. The van der Waals surface area contributed by atoms with Crippen molar-refractivity contribution in [3.8, 4) is 5.69 Å². The van der Waals surface area contributed by atoms with Crippen molar-refractivity contribution in [1.29, 1.82) is 0 Å². The van der Waals surface area contributed by atoms with Gasteiger partial charge in [0.1, 0.15) is 0 Å². The first-order valence-electron chi connectivity index (χ1n) is 4.47. The lowest BCUT2D eigenvalue weighted by atomic mass is 10.3. The Morgan fingerprint density at radius 1 is 1.47 bits per heavy atom. The quantitative estimate of drug-likeness (QED) is 0.864. The summed E-state index contributed by atoms with van der Waals surface area (Å²) in [6.07, 6.45) is 1.71. The summed E-state index contributed by atoms with van der Waals surface area (Å²) in [6, 6.07) is 7.64. The number of nitrogens with zero attached hydrogens (tertiary/aromatic N) is 1. The van der Waals surface area contributed by atoms with Gasteiger partial charge in [-0.05, 0) is 18.2 Å². The van der Waals surface area contributed by atoms with E-state index in [9.17, 15) is 4.79 Å². The van der Waals surface area contributed by atoms with Crippen molar-refractivity contribution in [3.05, 3.63) is 50.9 Å². The normalized spacial score (nSPS) is 10.5. The molecule has 0 aliphatic heterocycles. The minimum atomic E-state index is -0.141. The van der Waals surface area contributed by atoms with Crippen LogP contribution in [0.15, 0.2) is 39.7 Å². The Hall–Kier alpha value is -1.33. The van der Waals surface area contributed by atoms with Crippen molar-refractivity contribution < 1.29 is 0 Å². The van der Waals surface area contributed by atoms with Crippen LogP contribution < -0.4 is 11.3 Å². The number of benzene rings is 1. The third-order valence-corrected chi connectivity index (χ3v) is 2.60. The Labute approximate surface area is 94.8 Å². The molecule has 78 valence electrons. The van der Waals surface area contributed by atoms with E-state index in [0.29, 0.717) is 5.56 Å². The Balaban J connectivity index is 2.50. The fraction of sp³-hybridized carbons (Fsp3) is 0.100. The van der Waals surface area contributed by atoms with Gasteiger partial charge in [0.25, 0.3) is 5.56 Å². The largest absolute Gasteiger partial charge is 0.326 e. The van der Waals surface area contributed by atoms with Crippen LogP contribution in [0.3, 0.4) is 0 Å². The molecule has 2 rings (SSSR count). The Morgan fingerprint density at radius 3 is 2.87 bits per heavy atom. The number of H-pyrrole nitrogens is 1. The highest BCUT2D eigenvalue weighted by molar-refractivity contribution is 9.10. The molecule has 1 aromatic heterocycles. The van der Waals surface area contributed by atoms with E-state index in [2.05, 4.69) is 21.0 Å². The number of halogens is 1. The topological polar surface area (TPSA) is 63.8 Å². The summed E-state index contributed by atoms with van der Waals surface area (Å²) >= 11 is 3.37. The summed E-state index contributed by atoms with van der Waals surface area (Å²) < 4.78 is 2.62. The van der Waals surface area contributed by atoms with Crippen molar-refractivity contribution in [2.75, 3.05) is 0 Å². The molecular weight excluding hydrogens is 258 g/mol. The fourth-order valence-corrected chi connectivity index (χ4v) is 1.73. The third-order valence-electron chi connectivity index (χ3n) is 2.10. The average molecular weight is 268 g/mol. The first kappa shape index (κ1) is 10.2. The maximum absolute atomic E-state index is 11.4. The van der Waals surface area contributed by atoms with Crippen LogP contribution in [-0.4, -0.2) is 9.78 Å². The van der Waals surface area contributed by atoms with E-state index >= 15 is 0 Å². The van der Waals surface area contributed by atoms with Crippen molar-refractivity contribution in [2.24, 2.45) is 5.73 Å². The van der Waals surface area contributed by atoms with Gasteiger partial charge in [0.05, 0.1) is 11.3 Å². The number of hydrogen-bond donors (Lipinski definition) is 2. The molecule has 0 radical (unpaired) electrons. The molecule has 5 heteroatoms. The van der Waals surface area contributed by atoms with Crippen LogP contribution >= 0.6 is 15.9 Å². The van der Waals surface area contributed by atoms with E-state index in [1.165, 1.54) is 0 Å². The Bertz CT molecular complexity index is 529. The third kappa shape index (κ3) is 2.03. The molecule has 0 fully saturated rings. The van der Waals surface area contributed by atoms with Crippen LogP contribution in [0, 0.1) is 0 Å². The van der Waals surface area contributed by atoms with Crippen LogP contribution in [0.5, 0.6) is 0 Å². The van der Waals surface area contributed by atoms with Gasteiger partial charge in [-0.1, -0.05) is 22.0 Å². The van der Waals surface area contributed by atoms with E-state index in [-0.39, 0.29) is 12.1 Å². The van der Waals surface area contributed by atoms with Crippen molar-refractivity contribution in [3.63, 3.8) is 0 Å². The zero-order chi connectivity index (χ0) is 10.8. The molecule has 15 heavy (non-hydrogen) atoms. The van der Waals surface area contributed by atoms with Crippen molar-refractivity contribution in [1.82, 2.24) is 9.78 Å². The minimum absolute atomic E-state index is 0.141. The lowest BCUT2D eigenvalue weighted by molar-refractivity contribution is 0.863. The van der Waals surface area contributed by atoms with Gasteiger partial charge in [-0.3, -0.25) is 14.6 Å². The maximum Gasteiger partial charge on any atom is 0.268 e. The van der Waals surface area contributed by atoms with Gasteiger partial charge in [0.15, 0.2) is 0 Å². The summed E-state index contributed by atoms with van der Waals surface area (Å²) in [7, 11) is 0. The molecule has 0 aliphatic carbocycles. The van der Waals surface area contributed by atoms with Gasteiger partial charge >= 0.3 is 0 Å². The minimum Gasteiger partial charge on any atom is -0.326 e. The van der Waals surface area contributed by atoms with Crippen LogP contribution in [0.2, 0.25) is 0 Å². The van der Waals surface area contributed by atoms with Gasteiger partial charge in [-0.2, -0.15) is 0 Å². The molecule has 3 N–H and O–H groups in total. The Kier molecular flexibility index (Phi) is 2.75. The number of rotatable bonds is 2. The van der Waals surface area contributed by atoms with Crippen LogP contribution in [-0.2, 0) is 6.54 Å². The molecule has 2 aromatic rings. The number of aromatic amines is 1. The summed E-state index contributed by atoms with van der Waals surface area (Å²) in [6.45, 7) is 0.246. The van der Waals surface area contributed by atoms with Crippen molar-refractivity contribution in [2.45, 2.75) is 6.54 Å². The van der Waals surface area contributed by atoms with E-state index in [1.54, 1.807) is 10.9 Å². The van der Waals surface area contributed by atoms with Crippen molar-refractivity contribution >= 4 is 15.9 Å². The molecule has 0 saturated carbocycles. The highest BCUT2D eigenvalue weighted by Gasteiger charge is 2.03. The molecule has 0 atom stereocenters. The maximum atomic E-state index is 11.4. The lowest BCUT2D eigenvalue weighted by Gasteiger charge is -2.01. The lowest BCUT2D eigenvalue weighted by Crippen LogP contribution is -2.10. The van der Waals surface area contributed by atoms with E-state index < -0.39 is 0 Å². The molecule has 0 bridgehead atoms. The zero-order valence-corrected chi connectivity index (χ0v) is 9.49. The molecule has 0 unspecified atom stereocenters. The van der Waals surface area contributed by atoms with Crippen LogP contribution in [0.4, 0.5) is 0 Å². The van der Waals surface area contributed by atoms with Gasteiger partial charge in [-0.15, -0.1) is 0 Å². The molecular formula is C10H10BrN3O. The van der Waals surface area contributed by atoms with Gasteiger partial charge in [0.2, 0.25) is 0 Å². The van der Waals surface area contributed by atoms with Crippen LogP contribution in [0.25, 0.3) is 5.69 Å². The van der Waals surface area contributed by atoms with Gasteiger partial charge in [-0.25, -0.2) is 0 Å². The number of nitrogens with one attached hydrogen (secondary N) is 1. The average Bonchev–Trinajstić information content (AvgIpc) is 2.60. The second-order valence-corrected chi connectivity index (χ2v) is 4.06. The number of nitrogens with two attached hydrogens (primary N) is 1. The molecule has 0 spiro atoms. The molecule has 0 aliphatic rings. The predicted octanol–water partition coefficient (Wildman–Crippen LogP) is 1.39. The monoisotopic (exact) mass is 267 g/mol. The van der Waals surface area contributed by atoms with Gasteiger partial charge < -0.3 is 5.73 Å². The summed E-state index contributed by atoms with van der Waals surface area (Å²) in [5.74, 6) is 0. The van der Waals surface area contributed by atoms with Gasteiger partial charge in [0, 0.05) is 17.2 Å². The molecule has 4 nitrogen and oxygen atoms in total. The molecule has 0 saturated heterocycles. The standard InChI is InChI=1S/C10H10BrN3O/c11-8-2-1-3-9(4-8)14-6-7(5-12)10(15)13-14/h1-4,6H,5,12H2,(H,13,15). The summed E-state index contributed by atoms with van der Waals surface area (Å²) in [4.78, 5) is 11.4. The fourth-order valence-electron chi connectivity index (χ4n) is 1.34. The number of hydrogen-bond acceptors (Lipinski definition) is 2. The first-order valence-corrected chi connectivity index (χ1v) is 5.26. The molecule has 0 amide bonds. The molecule has 1 heterocycles. The second-order valence-electron chi connectivity index (χ2n) is 3.15. The summed E-state index contributed by atoms with van der Waals surface area (Å²) in [5, 5.41) is 2.70. The van der Waals surface area contributed by atoms with E-state index in [4.69, 9.17) is 5.73 Å². The number of aromatic nitrogens is 2.